The molecule has 1 atom stereocenters. The molecule has 0 spiro atoms. The van der Waals surface area contributed by atoms with Crippen molar-refractivity contribution >= 4 is 13.7 Å². The van der Waals surface area contributed by atoms with E-state index in [0.717, 1.165) is 5.71 Å². The molecular weight excluding hydrogens is 297 g/mol. The standard InChI is InChI=1S/C9H19INOS/c1-7(2)8(3)11-10-13(12)9(4,5)6/h7H,1-6H3/q-1. The van der Waals surface area contributed by atoms with Crippen LogP contribution in [0, 0.1) is 5.92 Å². The van der Waals surface area contributed by atoms with Gasteiger partial charge in [-0.1, -0.05) is 0 Å². The van der Waals surface area contributed by atoms with Gasteiger partial charge < -0.3 is 0 Å². The fourth-order valence-corrected chi connectivity index (χ4v) is 4.46. The molecule has 0 rings (SSSR count). The maximum absolute atomic E-state index is 11.6. The molecule has 0 amide bonds. The minimum absolute atomic E-state index is 0.103. The summed E-state index contributed by atoms with van der Waals surface area (Å²) in [5.41, 5.74) is 1.13. The van der Waals surface area contributed by atoms with Crippen LogP contribution in [0.1, 0.15) is 41.5 Å². The Balaban J connectivity index is 4.18. The molecule has 0 aromatic heterocycles. The Morgan fingerprint density at radius 1 is 1.38 bits per heavy atom. The summed E-state index contributed by atoms with van der Waals surface area (Å²) in [4.78, 5) is 0. The molecule has 0 saturated heterocycles. The minimum atomic E-state index is -0.752. The topological polar surface area (TPSA) is 29.4 Å². The van der Waals surface area contributed by atoms with Gasteiger partial charge in [-0.05, 0) is 0 Å². The Kier molecular flexibility index (Phi) is 5.67. The average Bonchev–Trinajstić information content (AvgIpc) is 1.97. The van der Waals surface area contributed by atoms with Gasteiger partial charge in [0.15, 0.2) is 0 Å². The predicted molar refractivity (Wildman–Crippen MR) is 55.8 cm³/mol. The van der Waals surface area contributed by atoms with E-state index < -0.39 is 28.1 Å². The molecule has 13 heavy (non-hydrogen) atoms. The Morgan fingerprint density at radius 3 is 2.15 bits per heavy atom. The predicted octanol–water partition coefficient (Wildman–Crippen LogP) is -0.430. The van der Waals surface area contributed by atoms with E-state index in [-0.39, 0.29) is 4.75 Å². The summed E-state index contributed by atoms with van der Waals surface area (Å²) >= 11 is -0.541. The first-order valence-electron chi connectivity index (χ1n) is 4.36. The van der Waals surface area contributed by atoms with Crippen molar-refractivity contribution in [2.45, 2.75) is 46.3 Å². The molecule has 0 radical (unpaired) electrons. The molecule has 0 aliphatic rings. The van der Waals surface area contributed by atoms with E-state index in [1.165, 1.54) is 0 Å². The normalized spacial score (nSPS) is 16.7. The van der Waals surface area contributed by atoms with Crippen LogP contribution in [-0.4, -0.2) is 14.7 Å². The van der Waals surface area contributed by atoms with Crippen LogP contribution < -0.4 is 20.1 Å². The molecule has 0 aliphatic heterocycles. The van der Waals surface area contributed by atoms with Gasteiger partial charge in [-0.3, -0.25) is 0 Å². The van der Waals surface area contributed by atoms with E-state index in [2.05, 4.69) is 17.1 Å². The first kappa shape index (κ1) is 13.5. The van der Waals surface area contributed by atoms with Gasteiger partial charge in [0.05, 0.1) is 0 Å². The first-order valence-corrected chi connectivity index (χ1v) is 9.02. The molecule has 0 aromatic carbocycles. The van der Waals surface area contributed by atoms with Gasteiger partial charge in [0.25, 0.3) is 0 Å². The third kappa shape index (κ3) is 5.78. The van der Waals surface area contributed by atoms with Gasteiger partial charge in [-0.25, -0.2) is 0 Å². The number of rotatable bonds is 3. The first-order chi connectivity index (χ1) is 5.75. The van der Waals surface area contributed by atoms with Crippen molar-refractivity contribution < 1.29 is 24.3 Å². The van der Waals surface area contributed by atoms with Crippen molar-refractivity contribution in [3.63, 3.8) is 0 Å². The van der Waals surface area contributed by atoms with Crippen LogP contribution in [0.3, 0.4) is 0 Å². The van der Waals surface area contributed by atoms with Crippen LogP contribution in [0.2, 0.25) is 0 Å². The summed E-state index contributed by atoms with van der Waals surface area (Å²) in [5, 5.41) is 0. The monoisotopic (exact) mass is 316 g/mol. The summed E-state index contributed by atoms with van der Waals surface area (Å²) in [7, 11) is -0.752. The summed E-state index contributed by atoms with van der Waals surface area (Å²) < 4.78 is 16.0. The molecule has 0 saturated carbocycles. The fraction of sp³-hybridized carbons (Fsp3) is 0.889. The Morgan fingerprint density at radius 2 is 1.85 bits per heavy atom. The Labute approximate surface area is 93.1 Å². The zero-order valence-corrected chi connectivity index (χ0v) is 12.2. The number of halogens is 1. The summed E-state index contributed by atoms with van der Waals surface area (Å²) in [6, 6.07) is 0. The molecule has 0 heterocycles. The number of nitrogens with zero attached hydrogens (tertiary/aromatic N) is 1. The van der Waals surface area contributed by atoms with Gasteiger partial charge in [-0.2, -0.15) is 0 Å². The Bertz CT molecular complexity index is 218. The van der Waals surface area contributed by atoms with E-state index in [9.17, 15) is 4.21 Å². The fourth-order valence-electron chi connectivity index (χ4n) is 0.287. The SMILES string of the molecule is CC(=N[I-]S(=O)C(C)(C)C)C(C)C. The van der Waals surface area contributed by atoms with Gasteiger partial charge in [0, 0.05) is 0 Å². The van der Waals surface area contributed by atoms with Crippen LogP contribution in [0.15, 0.2) is 3.21 Å². The summed E-state index contributed by atoms with van der Waals surface area (Å²) in [5.74, 6) is 0.483. The summed E-state index contributed by atoms with van der Waals surface area (Å²) in [6.07, 6.45) is 0. The zero-order chi connectivity index (χ0) is 10.6. The van der Waals surface area contributed by atoms with E-state index >= 15 is 0 Å². The Hall–Kier alpha value is 0.550. The van der Waals surface area contributed by atoms with Gasteiger partial charge >= 0.3 is 93.4 Å². The molecule has 0 aliphatic carbocycles. The van der Waals surface area contributed by atoms with Crippen LogP contribution in [0.25, 0.3) is 0 Å². The molecule has 2 nitrogen and oxygen atoms in total. The van der Waals surface area contributed by atoms with Crippen molar-refractivity contribution in [1.29, 1.82) is 0 Å². The summed E-state index contributed by atoms with van der Waals surface area (Å²) in [6.45, 7) is 12.3. The molecule has 0 N–H and O–H groups in total. The molecule has 1 unspecified atom stereocenters. The third-order valence-electron chi connectivity index (χ3n) is 1.55. The molecule has 80 valence electrons. The molecule has 0 aromatic rings. The van der Waals surface area contributed by atoms with E-state index in [1.807, 2.05) is 27.7 Å². The van der Waals surface area contributed by atoms with Crippen molar-refractivity contribution in [3.8, 4) is 0 Å². The van der Waals surface area contributed by atoms with Crippen molar-refractivity contribution in [2.24, 2.45) is 9.12 Å². The molecule has 0 fully saturated rings. The molecular formula is C9H19INOS-. The molecule has 4 heteroatoms. The van der Waals surface area contributed by atoms with E-state index in [1.54, 1.807) is 0 Å². The van der Waals surface area contributed by atoms with Crippen LogP contribution in [0.5, 0.6) is 0 Å². The maximum atomic E-state index is 11.6. The second-order valence-electron chi connectivity index (χ2n) is 4.29. The van der Waals surface area contributed by atoms with Gasteiger partial charge in [-0.15, -0.1) is 0 Å². The molecule has 0 bridgehead atoms. The van der Waals surface area contributed by atoms with E-state index in [0.29, 0.717) is 5.92 Å². The average molecular weight is 316 g/mol. The van der Waals surface area contributed by atoms with Crippen LogP contribution in [-0.2, 0) is 7.97 Å². The number of hydrogen-bond acceptors (Lipinski definition) is 2. The third-order valence-corrected chi connectivity index (χ3v) is 9.09. The van der Waals surface area contributed by atoms with Gasteiger partial charge in [0.1, 0.15) is 0 Å². The zero-order valence-electron chi connectivity index (χ0n) is 9.22. The number of hydrogen-bond donors (Lipinski definition) is 0. The van der Waals surface area contributed by atoms with Crippen molar-refractivity contribution in [3.05, 3.63) is 0 Å². The van der Waals surface area contributed by atoms with Crippen molar-refractivity contribution in [1.82, 2.24) is 0 Å². The van der Waals surface area contributed by atoms with E-state index in [4.69, 9.17) is 0 Å². The van der Waals surface area contributed by atoms with Crippen LogP contribution >= 0.6 is 0 Å². The second-order valence-corrected chi connectivity index (χ2v) is 10.2. The quantitative estimate of drug-likeness (QED) is 0.395. The van der Waals surface area contributed by atoms with Gasteiger partial charge in [0.2, 0.25) is 0 Å². The van der Waals surface area contributed by atoms with Crippen LogP contribution in [0.4, 0.5) is 0 Å². The second kappa shape index (κ2) is 5.44. The van der Waals surface area contributed by atoms with Crippen molar-refractivity contribution in [2.75, 3.05) is 0 Å².